The number of fused-ring (bicyclic) bond motifs is 2. The molecule has 7 N–H and O–H groups in total. The fourth-order valence-electron chi connectivity index (χ4n) is 14.0. The molecule has 0 aliphatic carbocycles. The van der Waals surface area contributed by atoms with Gasteiger partial charge in [0.05, 0.1) is 57.2 Å². The minimum absolute atomic E-state index is 0.0200. The van der Waals surface area contributed by atoms with Crippen LogP contribution in [0.15, 0.2) is 219 Å². The largest absolute Gasteiger partial charge is 0.497 e. The van der Waals surface area contributed by atoms with E-state index in [2.05, 4.69) is 78.8 Å². The molecule has 0 radical (unpaired) electrons. The first kappa shape index (κ1) is 112. The summed E-state index contributed by atoms with van der Waals surface area (Å²) in [4.78, 5) is 63.3. The minimum atomic E-state index is -4.45. The number of carbonyl (C=O) groups is 3. The number of aliphatic hydroxyl groups excluding tert-OH is 1. The third-order valence-electron chi connectivity index (χ3n) is 20.1. The maximum absolute atomic E-state index is 17.6. The Morgan fingerprint density at radius 1 is 0.478 bits per heavy atom. The van der Waals surface area contributed by atoms with Gasteiger partial charge in [-0.1, -0.05) is 153 Å². The normalized spacial score (nSPS) is 21.1. The Balaban J connectivity index is 0.000000237. The number of aromatic nitrogens is 8. The summed E-state index contributed by atoms with van der Waals surface area (Å²) in [7, 11) is -7.25. The molecule has 7 aromatic carbocycles. The summed E-state index contributed by atoms with van der Waals surface area (Å²) in [6.07, 6.45) is -10.4. The number of carbonyl (C=O) groups excluding carboxylic acids is 3. The Morgan fingerprint density at radius 3 is 1.20 bits per heavy atom. The standard InChI is InChI=1S/C46H51F2N6O7P.C25H33F2N6O7P.C12H17ClNO4P.C6H5Cl2O2P.Cl3OP/c1-8-58-40-38-39(50-43(51-40)52-46(33-18-12-9-13-19-33,34-20-14-10-15-21-34)35-24-26-36(57-7)27-25-35)54(29-49-38)42-44(6,47)32(5)45(48,60-42)28-62(56,61-37-22-16-11-17-23-37)53-31(4)41(55)59-30(2)3;1-6-37-19-17-18(30-23(28)31-19)33(13-29-17)22-24(5,26)21(35)25(27,39-22)12-41(36,40-16-10-8-7-9-11-16)32-15(4)20(34)38-14(2)3;1-9(2)17-12(15)10(3)14-19(13,16)18-11-7-5-4-6-8-11;7-11(8,9)10-6-4-2-1-3-5-6;1-5(2,3)4/h9-27,29-32,42H,8,28H2,1-7H3,(H,53,56)(H,50,51,52);7-11,13-15,21-22,35H,6,12H2,1-5H3,(H,32,36)(H2,28,30,31);4-10H,1-3H3,(H,14,16);1-5H;/t31-,32-,42+,44+,45+,62?;15-,21-,22+,24+,25+,41?;10-,19?;;/m000../s1. The zero-order valence-electron chi connectivity index (χ0n) is 77.2. The number of aliphatic hydroxyl groups is 1. The van der Waals surface area contributed by atoms with Crippen molar-refractivity contribution in [2.24, 2.45) is 5.92 Å². The lowest BCUT2D eigenvalue weighted by atomic mass is 9.77. The second-order valence-electron chi connectivity index (χ2n) is 32.1. The fraction of sp³-hybridized carbons (Fsp3) is 0.382. The highest BCUT2D eigenvalue weighted by atomic mass is 36.0. The van der Waals surface area contributed by atoms with Gasteiger partial charge in [-0.05, 0) is 201 Å². The first-order valence-electron chi connectivity index (χ1n) is 42.6. The third kappa shape index (κ3) is 30.8. The second-order valence-corrected chi connectivity index (χ2v) is 49.9. The van der Waals surface area contributed by atoms with E-state index in [1.807, 2.05) is 84.9 Å². The fourth-order valence-corrected chi connectivity index (χ4v) is 21.0. The minimum Gasteiger partial charge on any atom is -0.497 e. The molecule has 49 heteroatoms. The van der Waals surface area contributed by atoms with E-state index in [0.717, 1.165) is 34.5 Å². The average Bonchev–Trinajstić information content (AvgIpc) is 1.54. The molecular formula is C89H106Cl6F4N13O21P5. The SMILES string of the molecule is CC(C)OC(=O)[C@H](C)NP(=O)(Cl)Oc1ccccc1.CCOc1nc(N)nc2c1ncn2[C@@H]1O[C@](F)(CP(=O)(N[C@@H](C)C(=O)OC(C)C)Oc2ccccc2)[C@@H](O)[C@@]1(C)F.CCOc1nc(NC(c2ccccc2)(c2ccccc2)c2ccc(OC)cc2)nc2c1ncn2[C@@H]1O[C@](F)(CP(=O)(N[C@@H](C)C(=O)OC(C)C)Oc2ccccc2)[C@@H](C)[C@@]1(C)F.O=P(Cl)(Cl)Cl.O=P(Cl)(Cl)Oc1ccccc1. The molecule has 4 aromatic heterocycles. The molecule has 0 spiro atoms. The first-order chi connectivity index (χ1) is 64.7. The molecule has 0 bridgehead atoms. The number of nitrogens with zero attached hydrogens (tertiary/aromatic N) is 8. The van der Waals surface area contributed by atoms with E-state index in [1.54, 1.807) is 160 Å². The van der Waals surface area contributed by atoms with E-state index >= 15 is 17.6 Å². The van der Waals surface area contributed by atoms with Crippen molar-refractivity contribution in [3.05, 3.63) is 236 Å². The van der Waals surface area contributed by atoms with Crippen LogP contribution in [-0.4, -0.2) is 160 Å². The van der Waals surface area contributed by atoms with E-state index in [-0.39, 0.29) is 76.8 Å². The van der Waals surface area contributed by atoms with Crippen molar-refractivity contribution in [3.63, 3.8) is 0 Å². The number of halogens is 10. The number of hydrogen-bond acceptors (Lipinski definition) is 29. The van der Waals surface area contributed by atoms with Crippen LogP contribution in [0.4, 0.5) is 29.5 Å². The third-order valence-corrected chi connectivity index (χ3v) is 26.9. The number of anilines is 2. The van der Waals surface area contributed by atoms with Gasteiger partial charge in [0.25, 0.3) is 5.85 Å². The van der Waals surface area contributed by atoms with Gasteiger partial charge in [0.15, 0.2) is 52.2 Å². The van der Waals surface area contributed by atoms with Gasteiger partial charge in [0, 0.05) is 33.7 Å². The highest BCUT2D eigenvalue weighted by Gasteiger charge is 2.68. The van der Waals surface area contributed by atoms with E-state index in [1.165, 1.54) is 69.8 Å². The monoisotopic (exact) mass is 2130 g/mol. The van der Waals surface area contributed by atoms with Crippen LogP contribution in [0, 0.1) is 5.92 Å². The van der Waals surface area contributed by atoms with Gasteiger partial charge in [0.1, 0.15) is 64.7 Å². The van der Waals surface area contributed by atoms with E-state index < -0.39 is 147 Å². The molecule has 34 nitrogen and oxygen atoms in total. The topological polar surface area (TPSA) is 429 Å². The lowest BCUT2D eigenvalue weighted by Crippen LogP contribution is -2.48. The van der Waals surface area contributed by atoms with Gasteiger partial charge in [-0.25, -0.2) is 51.9 Å². The van der Waals surface area contributed by atoms with E-state index in [9.17, 15) is 42.3 Å². The van der Waals surface area contributed by atoms with Crippen LogP contribution < -0.4 is 58.6 Å². The highest BCUT2D eigenvalue weighted by molar-refractivity contribution is 8.24. The molecule has 2 saturated heterocycles. The molecule has 0 amide bonds. The van der Waals surface area contributed by atoms with Crippen molar-refractivity contribution in [2.45, 2.75) is 181 Å². The Hall–Kier alpha value is -9.38. The Morgan fingerprint density at radius 2 is 0.819 bits per heavy atom. The van der Waals surface area contributed by atoms with E-state index in [4.69, 9.17) is 101 Å². The molecule has 2 aliphatic rings. The zero-order chi connectivity index (χ0) is 102. The van der Waals surface area contributed by atoms with Crippen LogP contribution in [0.3, 0.4) is 0 Å². The summed E-state index contributed by atoms with van der Waals surface area (Å²) in [5, 5.41) is 18.9. The van der Waals surface area contributed by atoms with Crippen molar-refractivity contribution < 1.29 is 116 Å². The lowest BCUT2D eigenvalue weighted by molar-refractivity contribution is -0.171. The van der Waals surface area contributed by atoms with Gasteiger partial charge in [-0.2, -0.15) is 19.9 Å². The number of imidazole rings is 2. The number of benzene rings is 7. The lowest BCUT2D eigenvalue weighted by Gasteiger charge is -2.37. The van der Waals surface area contributed by atoms with Gasteiger partial charge < -0.3 is 72.1 Å². The Labute approximate surface area is 823 Å². The molecule has 2 fully saturated rings. The molecule has 3 unspecified atom stereocenters. The second kappa shape index (κ2) is 48.4. The number of ether oxygens (including phenoxy) is 8. The summed E-state index contributed by atoms with van der Waals surface area (Å²) < 4.78 is 196. The molecule has 0 saturated carbocycles. The Kier molecular flexibility index (Phi) is 39.4. The summed E-state index contributed by atoms with van der Waals surface area (Å²) in [6, 6.07) is 56.8. The summed E-state index contributed by atoms with van der Waals surface area (Å²) in [5.41, 5.74) is 2.25. The summed E-state index contributed by atoms with van der Waals surface area (Å²) in [6.45, 7) is 18.1. The molecule has 6 heterocycles. The predicted octanol–water partition coefficient (Wildman–Crippen LogP) is 22.5. The van der Waals surface area contributed by atoms with Gasteiger partial charge in [-0.15, -0.1) is 0 Å². The maximum Gasteiger partial charge on any atom is 0.428 e. The first-order valence-corrected chi connectivity index (χ1v) is 56.6. The summed E-state index contributed by atoms with van der Waals surface area (Å²) >= 11 is 29.9. The van der Waals surface area contributed by atoms with Crippen molar-refractivity contribution in [1.29, 1.82) is 0 Å². The van der Waals surface area contributed by atoms with Crippen molar-refractivity contribution in [3.8, 4) is 40.5 Å². The number of para-hydroxylation sites is 4. The smallest absolute Gasteiger partial charge is 0.428 e. The maximum atomic E-state index is 17.6. The highest BCUT2D eigenvalue weighted by Crippen LogP contribution is 2.63. The van der Waals surface area contributed by atoms with Crippen LogP contribution in [0.25, 0.3) is 22.3 Å². The van der Waals surface area contributed by atoms with Crippen LogP contribution >= 0.6 is 101 Å². The van der Waals surface area contributed by atoms with Crippen molar-refractivity contribution >= 4 is 153 Å². The van der Waals surface area contributed by atoms with Crippen LogP contribution in [0.1, 0.15) is 126 Å². The quantitative estimate of drug-likeness (QED) is 0.00698. The predicted molar refractivity (Wildman–Crippen MR) is 522 cm³/mol. The molecule has 13 rings (SSSR count). The number of methoxy groups -OCH3 is 1. The number of alkyl halides is 4. The molecule has 2 aliphatic heterocycles. The van der Waals surface area contributed by atoms with Crippen molar-refractivity contribution in [2.75, 3.05) is 43.7 Å². The molecule has 11 aromatic rings. The molecule has 748 valence electrons. The number of hydrogen-bond donors (Lipinski definition) is 6. The van der Waals surface area contributed by atoms with Gasteiger partial charge in [-0.3, -0.25) is 37.2 Å². The number of esters is 3. The van der Waals surface area contributed by atoms with Gasteiger partial charge >= 0.3 is 51.1 Å². The average molecular weight is 2140 g/mol. The zero-order valence-corrected chi connectivity index (χ0v) is 86.2. The number of rotatable bonds is 36. The van der Waals surface area contributed by atoms with Gasteiger partial charge in [0.2, 0.25) is 29.5 Å². The molecular weight excluding hydrogens is 2030 g/mol. The number of nitrogens with one attached hydrogen (secondary N) is 4. The van der Waals surface area contributed by atoms with E-state index in [0.29, 0.717) is 17.2 Å². The van der Waals surface area contributed by atoms with Crippen LogP contribution in [0.2, 0.25) is 0 Å². The molecule has 14 atom stereocenters. The number of nitrogen functional groups attached to an aromatic ring is 1. The number of nitrogens with two attached hydrogens (primary N) is 1. The van der Waals surface area contributed by atoms with Crippen LogP contribution in [0.5, 0.6) is 40.5 Å². The Bertz CT molecular complexity index is 6080. The molecule has 138 heavy (non-hydrogen) atoms. The van der Waals surface area contributed by atoms with Crippen LogP contribution in [-0.2, 0) is 66.4 Å². The summed E-state index contributed by atoms with van der Waals surface area (Å²) in [5.74, 6) is -8.16. The van der Waals surface area contributed by atoms with Crippen molar-refractivity contribution in [1.82, 2.24) is 54.3 Å².